The molecule has 34 heavy (non-hydrogen) atoms. The first kappa shape index (κ1) is 22.4. The van der Waals surface area contributed by atoms with Crippen LogP contribution in [0.1, 0.15) is 17.5 Å². The lowest BCUT2D eigenvalue weighted by atomic mass is 9.91. The first-order valence-electron chi connectivity index (χ1n) is 12.2. The van der Waals surface area contributed by atoms with E-state index in [9.17, 15) is 4.79 Å². The van der Waals surface area contributed by atoms with E-state index in [4.69, 9.17) is 0 Å². The summed E-state index contributed by atoms with van der Waals surface area (Å²) in [6, 6.07) is 32.1. The lowest BCUT2D eigenvalue weighted by Gasteiger charge is -2.36. The monoisotopic (exact) mass is 448 g/mol. The smallest absolute Gasteiger partial charge is 0.227 e. The molecule has 0 aromatic heterocycles. The molecule has 4 aromatic carbocycles. The molecule has 5 rings (SSSR count). The van der Waals surface area contributed by atoms with Crippen molar-refractivity contribution in [2.24, 2.45) is 5.92 Å². The molecule has 0 saturated carbocycles. The number of amides is 1. The summed E-state index contributed by atoms with van der Waals surface area (Å²) in [5, 5.41) is 2.51. The van der Waals surface area contributed by atoms with Gasteiger partial charge in [0.15, 0.2) is 0 Å². The van der Waals surface area contributed by atoms with Gasteiger partial charge in [0, 0.05) is 25.2 Å². The number of rotatable bonds is 6. The largest absolute Gasteiger partial charge is 0.312 e. The van der Waals surface area contributed by atoms with Gasteiger partial charge in [-0.1, -0.05) is 78.9 Å². The maximum atomic E-state index is 13.3. The van der Waals surface area contributed by atoms with Crippen LogP contribution in [0.25, 0.3) is 21.9 Å². The van der Waals surface area contributed by atoms with Gasteiger partial charge in [0.05, 0.1) is 0 Å². The second-order valence-electron chi connectivity index (χ2n) is 9.72. The van der Waals surface area contributed by atoms with Gasteiger partial charge in [-0.05, 0) is 78.0 Å². The molecule has 0 spiro atoms. The van der Waals surface area contributed by atoms with Gasteiger partial charge in [-0.15, -0.1) is 0 Å². The molecule has 3 heteroatoms. The van der Waals surface area contributed by atoms with E-state index in [0.717, 1.165) is 31.6 Å². The fourth-order valence-electron chi connectivity index (χ4n) is 5.17. The van der Waals surface area contributed by atoms with Gasteiger partial charge in [-0.25, -0.2) is 0 Å². The van der Waals surface area contributed by atoms with Crippen LogP contribution in [0.2, 0.25) is 0 Å². The van der Waals surface area contributed by atoms with E-state index in [2.05, 4.69) is 104 Å². The van der Waals surface area contributed by atoms with Gasteiger partial charge in [0.25, 0.3) is 0 Å². The third-order valence-electron chi connectivity index (χ3n) is 6.82. The SMILES string of the molecule is CN(C)CC1Cc2ccccc2N(C(=O)CCc2ccc(-c3ccc4ccccc4c3)cc2)C1. The van der Waals surface area contributed by atoms with Gasteiger partial charge < -0.3 is 9.80 Å². The lowest BCUT2D eigenvalue weighted by Crippen LogP contribution is -2.43. The Bertz CT molecular complexity index is 1290. The average Bonchev–Trinajstić information content (AvgIpc) is 2.86. The van der Waals surface area contributed by atoms with E-state index < -0.39 is 0 Å². The molecule has 1 atom stereocenters. The standard InChI is InChI=1S/C31H32N2O/c1-32(2)21-24-19-29-9-5-6-10-30(29)33(22-24)31(34)18-13-23-11-14-26(15-12-23)28-17-16-25-7-3-4-8-27(25)20-28/h3-12,14-17,20,24H,13,18-19,21-22H2,1-2H3. The zero-order valence-electron chi connectivity index (χ0n) is 20.1. The van der Waals surface area contributed by atoms with Crippen molar-refractivity contribution >= 4 is 22.4 Å². The van der Waals surface area contributed by atoms with Gasteiger partial charge in [0.1, 0.15) is 0 Å². The molecule has 1 heterocycles. The van der Waals surface area contributed by atoms with Gasteiger partial charge in [0.2, 0.25) is 5.91 Å². The van der Waals surface area contributed by atoms with E-state index in [1.807, 2.05) is 11.0 Å². The zero-order chi connectivity index (χ0) is 23.5. The maximum absolute atomic E-state index is 13.3. The van der Waals surface area contributed by atoms with Crippen molar-refractivity contribution in [1.29, 1.82) is 0 Å². The van der Waals surface area contributed by atoms with E-state index in [1.54, 1.807) is 0 Å². The highest BCUT2D eigenvalue weighted by Gasteiger charge is 2.28. The van der Waals surface area contributed by atoms with Crippen molar-refractivity contribution in [3.63, 3.8) is 0 Å². The third-order valence-corrected chi connectivity index (χ3v) is 6.82. The summed E-state index contributed by atoms with van der Waals surface area (Å²) < 4.78 is 0. The molecule has 1 amide bonds. The van der Waals surface area contributed by atoms with Crippen molar-refractivity contribution in [2.45, 2.75) is 19.3 Å². The summed E-state index contributed by atoms with van der Waals surface area (Å²) in [5.41, 5.74) is 6.01. The number of nitrogens with zero attached hydrogens (tertiary/aromatic N) is 2. The van der Waals surface area contributed by atoms with Crippen molar-refractivity contribution < 1.29 is 4.79 Å². The Labute approximate surface area is 202 Å². The highest BCUT2D eigenvalue weighted by atomic mass is 16.2. The van der Waals surface area contributed by atoms with Crippen molar-refractivity contribution in [3.05, 3.63) is 102 Å². The number of benzene rings is 4. The van der Waals surface area contributed by atoms with Crippen LogP contribution >= 0.6 is 0 Å². The highest BCUT2D eigenvalue weighted by Crippen LogP contribution is 2.31. The van der Waals surface area contributed by atoms with E-state index in [1.165, 1.54) is 33.0 Å². The molecule has 1 unspecified atom stereocenters. The van der Waals surface area contributed by atoms with Crippen LogP contribution in [-0.4, -0.2) is 38.0 Å². The van der Waals surface area contributed by atoms with E-state index in [0.29, 0.717) is 12.3 Å². The summed E-state index contributed by atoms with van der Waals surface area (Å²) in [6.07, 6.45) is 2.32. The first-order chi connectivity index (χ1) is 16.6. The van der Waals surface area contributed by atoms with Crippen LogP contribution in [0, 0.1) is 5.92 Å². The Kier molecular flexibility index (Phi) is 6.46. The van der Waals surface area contributed by atoms with E-state index >= 15 is 0 Å². The van der Waals surface area contributed by atoms with E-state index in [-0.39, 0.29) is 5.91 Å². The molecular weight excluding hydrogens is 416 g/mol. The molecule has 1 aliphatic rings. The molecule has 172 valence electrons. The molecule has 0 aliphatic carbocycles. The Hall–Kier alpha value is -3.43. The van der Waals surface area contributed by atoms with Gasteiger partial charge >= 0.3 is 0 Å². The highest BCUT2D eigenvalue weighted by molar-refractivity contribution is 5.94. The number of aryl methyl sites for hydroxylation is 1. The number of hydrogen-bond acceptors (Lipinski definition) is 2. The third kappa shape index (κ3) is 4.90. The summed E-state index contributed by atoms with van der Waals surface area (Å²) in [5.74, 6) is 0.685. The number of carbonyl (C=O) groups is 1. The minimum Gasteiger partial charge on any atom is -0.312 e. The molecule has 0 saturated heterocycles. The quantitative estimate of drug-likeness (QED) is 0.350. The molecule has 4 aromatic rings. The topological polar surface area (TPSA) is 23.6 Å². The summed E-state index contributed by atoms with van der Waals surface area (Å²) >= 11 is 0. The maximum Gasteiger partial charge on any atom is 0.227 e. The van der Waals surface area contributed by atoms with Crippen LogP contribution in [0.4, 0.5) is 5.69 Å². The van der Waals surface area contributed by atoms with Crippen LogP contribution in [0.3, 0.4) is 0 Å². The Morgan fingerprint density at radius 2 is 1.56 bits per heavy atom. The Morgan fingerprint density at radius 3 is 2.35 bits per heavy atom. The Balaban J connectivity index is 1.27. The van der Waals surface area contributed by atoms with Crippen molar-refractivity contribution in [2.75, 3.05) is 32.1 Å². The fraction of sp³-hybridized carbons (Fsp3) is 0.258. The van der Waals surface area contributed by atoms with Crippen LogP contribution < -0.4 is 4.90 Å². The fourth-order valence-corrected chi connectivity index (χ4v) is 5.17. The van der Waals surface area contributed by atoms with Crippen LogP contribution in [0.15, 0.2) is 91.0 Å². The molecule has 0 bridgehead atoms. The normalized spacial score (nSPS) is 15.5. The summed E-state index contributed by atoms with van der Waals surface area (Å²) in [7, 11) is 4.21. The number of hydrogen-bond donors (Lipinski definition) is 0. The minimum absolute atomic E-state index is 0.217. The molecule has 0 N–H and O–H groups in total. The van der Waals surface area contributed by atoms with Crippen molar-refractivity contribution in [1.82, 2.24) is 4.90 Å². The predicted octanol–water partition coefficient (Wildman–Crippen LogP) is 6.21. The number of carbonyl (C=O) groups excluding carboxylic acids is 1. The molecule has 3 nitrogen and oxygen atoms in total. The molecule has 0 radical (unpaired) electrons. The van der Waals surface area contributed by atoms with Crippen LogP contribution in [-0.2, 0) is 17.6 Å². The lowest BCUT2D eigenvalue weighted by molar-refractivity contribution is -0.118. The first-order valence-corrected chi connectivity index (χ1v) is 12.2. The molecular formula is C31H32N2O. The molecule has 0 fully saturated rings. The average molecular weight is 449 g/mol. The van der Waals surface area contributed by atoms with Crippen LogP contribution in [0.5, 0.6) is 0 Å². The Morgan fingerprint density at radius 1 is 0.853 bits per heavy atom. The number of fused-ring (bicyclic) bond motifs is 2. The van der Waals surface area contributed by atoms with Gasteiger partial charge in [-0.3, -0.25) is 4.79 Å². The number of para-hydroxylation sites is 1. The van der Waals surface area contributed by atoms with Crippen molar-refractivity contribution in [3.8, 4) is 11.1 Å². The van der Waals surface area contributed by atoms with Gasteiger partial charge in [-0.2, -0.15) is 0 Å². The minimum atomic E-state index is 0.217. The second kappa shape index (κ2) is 9.82. The second-order valence-corrected chi connectivity index (χ2v) is 9.72. The number of anilines is 1. The molecule has 1 aliphatic heterocycles. The predicted molar refractivity (Wildman–Crippen MR) is 142 cm³/mol. The summed E-state index contributed by atoms with van der Waals surface area (Å²) in [4.78, 5) is 17.5. The zero-order valence-corrected chi connectivity index (χ0v) is 20.1. The summed E-state index contributed by atoms with van der Waals surface area (Å²) in [6.45, 7) is 1.79.